The first-order valence-corrected chi connectivity index (χ1v) is 8.15. The summed E-state index contributed by atoms with van der Waals surface area (Å²) >= 11 is 0. The first kappa shape index (κ1) is 17.9. The summed E-state index contributed by atoms with van der Waals surface area (Å²) in [4.78, 5) is 14.1. The number of nitrogens with zero attached hydrogens (tertiary/aromatic N) is 2. The molecule has 0 radical (unpaired) electrons. The molecule has 5 nitrogen and oxygen atoms in total. The Morgan fingerprint density at radius 3 is 2.86 bits per heavy atom. The van der Waals surface area contributed by atoms with E-state index in [1.54, 1.807) is 7.05 Å². The summed E-state index contributed by atoms with van der Waals surface area (Å²) in [5, 5.41) is 15.2. The van der Waals surface area contributed by atoms with Gasteiger partial charge in [-0.3, -0.25) is 10.1 Å². The van der Waals surface area contributed by atoms with Crippen LogP contribution in [0.25, 0.3) is 0 Å². The number of carbonyl (C=O) groups excluding carboxylic acids is 1. The van der Waals surface area contributed by atoms with Crippen LogP contribution in [0.1, 0.15) is 46.0 Å². The predicted molar refractivity (Wildman–Crippen MR) is 84.8 cm³/mol. The molecular weight excluding hydrogens is 264 g/mol. The van der Waals surface area contributed by atoms with Gasteiger partial charge in [-0.2, -0.15) is 5.26 Å². The molecule has 1 saturated heterocycles. The van der Waals surface area contributed by atoms with Crippen molar-refractivity contribution < 1.29 is 4.79 Å². The van der Waals surface area contributed by atoms with Crippen molar-refractivity contribution in [1.82, 2.24) is 15.5 Å². The minimum absolute atomic E-state index is 0.148. The number of rotatable bonds is 8. The predicted octanol–water partition coefficient (Wildman–Crippen LogP) is 1.51. The molecule has 0 aromatic heterocycles. The van der Waals surface area contributed by atoms with Crippen LogP contribution in [-0.2, 0) is 4.79 Å². The molecular formula is C16H30N4O. The lowest BCUT2D eigenvalue weighted by Gasteiger charge is -2.32. The number of unbranched alkanes of at least 4 members (excludes halogenated alkanes) is 1. The molecule has 5 heteroatoms. The van der Waals surface area contributed by atoms with Crippen LogP contribution in [0.4, 0.5) is 0 Å². The van der Waals surface area contributed by atoms with Gasteiger partial charge in [-0.05, 0) is 58.7 Å². The third-order valence-corrected chi connectivity index (χ3v) is 4.34. The van der Waals surface area contributed by atoms with Crippen LogP contribution in [0, 0.1) is 17.2 Å². The van der Waals surface area contributed by atoms with Gasteiger partial charge in [-0.15, -0.1) is 0 Å². The monoisotopic (exact) mass is 294 g/mol. The molecule has 1 amide bonds. The van der Waals surface area contributed by atoms with Gasteiger partial charge in [-0.25, -0.2) is 0 Å². The van der Waals surface area contributed by atoms with E-state index < -0.39 is 5.54 Å². The Balaban J connectivity index is 2.26. The maximum Gasteiger partial charge on any atom is 0.224 e. The summed E-state index contributed by atoms with van der Waals surface area (Å²) in [6.07, 6.45) is 5.11. The zero-order valence-electron chi connectivity index (χ0n) is 13.7. The van der Waals surface area contributed by atoms with Crippen molar-refractivity contribution in [1.29, 1.82) is 5.26 Å². The zero-order chi connectivity index (χ0) is 15.7. The molecule has 1 heterocycles. The number of likely N-dealkylation sites (tertiary alicyclic amines) is 1. The molecule has 0 bridgehead atoms. The van der Waals surface area contributed by atoms with Gasteiger partial charge in [0, 0.05) is 13.6 Å². The van der Waals surface area contributed by atoms with Crippen LogP contribution in [0.5, 0.6) is 0 Å². The number of hydrogen-bond donors (Lipinski definition) is 2. The molecule has 2 atom stereocenters. The standard InChI is InChI=1S/C16H30N4O/c1-4-19-16(2,13-17)9-5-6-10-20-11-7-8-14(12-20)15(21)18-3/h14,19H,4-12H2,1-3H3,(H,18,21). The van der Waals surface area contributed by atoms with E-state index in [1.165, 1.54) is 0 Å². The molecule has 0 aliphatic carbocycles. The third kappa shape index (κ3) is 6.03. The van der Waals surface area contributed by atoms with Crippen LogP contribution in [0.3, 0.4) is 0 Å². The number of nitrogens with one attached hydrogen (secondary N) is 2. The number of nitriles is 1. The van der Waals surface area contributed by atoms with E-state index in [9.17, 15) is 10.1 Å². The molecule has 1 aliphatic heterocycles. The largest absolute Gasteiger partial charge is 0.359 e. The second-order valence-electron chi connectivity index (χ2n) is 6.19. The van der Waals surface area contributed by atoms with E-state index in [-0.39, 0.29) is 11.8 Å². The Morgan fingerprint density at radius 1 is 1.48 bits per heavy atom. The average Bonchev–Trinajstić information content (AvgIpc) is 2.51. The number of piperidine rings is 1. The molecule has 21 heavy (non-hydrogen) atoms. The lowest BCUT2D eigenvalue weighted by atomic mass is 9.95. The Bertz CT molecular complexity index is 366. The highest BCUT2D eigenvalue weighted by Gasteiger charge is 2.25. The highest BCUT2D eigenvalue weighted by atomic mass is 16.1. The van der Waals surface area contributed by atoms with Gasteiger partial charge in [-0.1, -0.05) is 6.92 Å². The van der Waals surface area contributed by atoms with Gasteiger partial charge in [0.1, 0.15) is 5.54 Å². The second-order valence-corrected chi connectivity index (χ2v) is 6.19. The molecule has 1 rings (SSSR count). The average molecular weight is 294 g/mol. The van der Waals surface area contributed by atoms with Crippen LogP contribution < -0.4 is 10.6 Å². The topological polar surface area (TPSA) is 68.2 Å². The summed E-state index contributed by atoms with van der Waals surface area (Å²) in [7, 11) is 1.71. The molecule has 120 valence electrons. The number of carbonyl (C=O) groups is 1. The van der Waals surface area contributed by atoms with E-state index in [0.717, 1.165) is 58.3 Å². The van der Waals surface area contributed by atoms with Crippen LogP contribution in [0.2, 0.25) is 0 Å². The quantitative estimate of drug-likeness (QED) is 0.666. The lowest BCUT2D eigenvalue weighted by Crippen LogP contribution is -2.43. The molecule has 0 saturated carbocycles. The molecule has 0 aromatic rings. The summed E-state index contributed by atoms with van der Waals surface area (Å²) in [6.45, 7) is 7.82. The maximum atomic E-state index is 11.7. The minimum atomic E-state index is -0.402. The van der Waals surface area contributed by atoms with Crippen LogP contribution >= 0.6 is 0 Å². The minimum Gasteiger partial charge on any atom is -0.359 e. The molecule has 1 aliphatic rings. The van der Waals surface area contributed by atoms with Gasteiger partial charge >= 0.3 is 0 Å². The Hall–Kier alpha value is -1.12. The van der Waals surface area contributed by atoms with E-state index in [2.05, 4.69) is 21.6 Å². The van der Waals surface area contributed by atoms with E-state index in [1.807, 2.05) is 13.8 Å². The van der Waals surface area contributed by atoms with Crippen molar-refractivity contribution >= 4 is 5.91 Å². The lowest BCUT2D eigenvalue weighted by molar-refractivity contribution is -0.126. The van der Waals surface area contributed by atoms with E-state index >= 15 is 0 Å². The van der Waals surface area contributed by atoms with Crippen LogP contribution in [0.15, 0.2) is 0 Å². The van der Waals surface area contributed by atoms with Gasteiger partial charge < -0.3 is 10.2 Å². The fourth-order valence-corrected chi connectivity index (χ4v) is 3.06. The Labute approximate surface area is 129 Å². The zero-order valence-corrected chi connectivity index (χ0v) is 13.7. The smallest absolute Gasteiger partial charge is 0.224 e. The second kappa shape index (κ2) is 9.01. The molecule has 0 spiro atoms. The van der Waals surface area contributed by atoms with Crippen molar-refractivity contribution in [3.63, 3.8) is 0 Å². The van der Waals surface area contributed by atoms with Gasteiger partial charge in [0.15, 0.2) is 0 Å². The molecule has 0 aromatic carbocycles. The highest BCUT2D eigenvalue weighted by molar-refractivity contribution is 5.78. The SMILES string of the molecule is CCNC(C)(C#N)CCCCN1CCCC(C(=O)NC)C1. The van der Waals surface area contributed by atoms with Gasteiger partial charge in [0.2, 0.25) is 5.91 Å². The first-order valence-electron chi connectivity index (χ1n) is 8.15. The molecule has 1 fully saturated rings. The van der Waals surface area contributed by atoms with E-state index in [4.69, 9.17) is 0 Å². The summed E-state index contributed by atoms with van der Waals surface area (Å²) in [5.41, 5.74) is -0.402. The Morgan fingerprint density at radius 2 is 2.24 bits per heavy atom. The van der Waals surface area contributed by atoms with E-state index in [0.29, 0.717) is 0 Å². The van der Waals surface area contributed by atoms with Crippen molar-refractivity contribution in [2.75, 3.05) is 33.2 Å². The van der Waals surface area contributed by atoms with Crippen LogP contribution in [-0.4, -0.2) is 49.6 Å². The summed E-state index contributed by atoms with van der Waals surface area (Å²) in [6, 6.07) is 2.37. The van der Waals surface area contributed by atoms with Gasteiger partial charge in [0.05, 0.1) is 12.0 Å². The fraction of sp³-hybridized carbons (Fsp3) is 0.875. The summed E-state index contributed by atoms with van der Waals surface area (Å²) < 4.78 is 0. The number of hydrogen-bond acceptors (Lipinski definition) is 4. The maximum absolute atomic E-state index is 11.7. The Kier molecular flexibility index (Phi) is 7.69. The van der Waals surface area contributed by atoms with Crippen molar-refractivity contribution in [3.8, 4) is 6.07 Å². The normalized spacial score (nSPS) is 22.3. The van der Waals surface area contributed by atoms with Crippen molar-refractivity contribution in [3.05, 3.63) is 0 Å². The molecule has 2 N–H and O–H groups in total. The number of amides is 1. The van der Waals surface area contributed by atoms with Crippen molar-refractivity contribution in [2.45, 2.75) is 51.5 Å². The highest BCUT2D eigenvalue weighted by Crippen LogP contribution is 2.18. The fourth-order valence-electron chi connectivity index (χ4n) is 3.06. The first-order chi connectivity index (χ1) is 10.0. The molecule has 2 unspecified atom stereocenters. The summed E-state index contributed by atoms with van der Waals surface area (Å²) in [5.74, 6) is 0.318. The van der Waals surface area contributed by atoms with Gasteiger partial charge in [0.25, 0.3) is 0 Å². The van der Waals surface area contributed by atoms with Crippen molar-refractivity contribution in [2.24, 2.45) is 5.92 Å². The third-order valence-electron chi connectivity index (χ3n) is 4.34.